The number of pyridine rings is 2. The van der Waals surface area contributed by atoms with Crippen LogP contribution in [-0.2, 0) is 6.54 Å². The van der Waals surface area contributed by atoms with Crippen molar-refractivity contribution in [1.82, 2.24) is 9.97 Å². The van der Waals surface area contributed by atoms with Crippen molar-refractivity contribution < 1.29 is 9.90 Å². The quantitative estimate of drug-likeness (QED) is 0.889. The second kappa shape index (κ2) is 5.95. The van der Waals surface area contributed by atoms with Crippen molar-refractivity contribution in [3.8, 4) is 0 Å². The molecule has 0 aliphatic rings. The number of nitrogens with zero attached hydrogens (tertiary/aromatic N) is 3. The first-order valence-corrected chi connectivity index (χ1v) is 6.04. The van der Waals surface area contributed by atoms with Gasteiger partial charge in [-0.3, -0.25) is 4.98 Å². The van der Waals surface area contributed by atoms with Crippen LogP contribution in [0.3, 0.4) is 0 Å². The number of aromatic nitrogens is 2. The van der Waals surface area contributed by atoms with Crippen LogP contribution in [0.25, 0.3) is 0 Å². The van der Waals surface area contributed by atoms with Crippen molar-refractivity contribution in [3.63, 3.8) is 0 Å². The van der Waals surface area contributed by atoms with E-state index in [2.05, 4.69) is 9.97 Å². The lowest BCUT2D eigenvalue weighted by molar-refractivity contribution is 0.0697. The van der Waals surface area contributed by atoms with Crippen LogP contribution in [0, 0.1) is 0 Å². The lowest BCUT2D eigenvalue weighted by atomic mass is 10.2. The van der Waals surface area contributed by atoms with Gasteiger partial charge in [0.05, 0.1) is 0 Å². The molecular formula is C14H15N3O2. The highest BCUT2D eigenvalue weighted by molar-refractivity contribution is 5.93. The standard InChI is InChI=1S/C14H15N3O2/c1-2-17(10-11-5-8-15-9-6-11)13-12(14(18)19)4-3-7-16-13/h3-9H,2,10H2,1H3,(H,18,19). The SMILES string of the molecule is CCN(Cc1ccncc1)c1ncccc1C(=O)O. The van der Waals surface area contributed by atoms with Gasteiger partial charge in [-0.25, -0.2) is 9.78 Å². The maximum atomic E-state index is 11.2. The molecule has 2 rings (SSSR count). The van der Waals surface area contributed by atoms with Gasteiger partial charge in [-0.1, -0.05) is 0 Å². The zero-order valence-corrected chi connectivity index (χ0v) is 10.7. The summed E-state index contributed by atoms with van der Waals surface area (Å²) in [6.07, 6.45) is 5.05. The van der Waals surface area contributed by atoms with E-state index >= 15 is 0 Å². The first-order chi connectivity index (χ1) is 9.22. The Morgan fingerprint density at radius 3 is 2.63 bits per heavy atom. The third-order valence-corrected chi connectivity index (χ3v) is 2.82. The van der Waals surface area contributed by atoms with Gasteiger partial charge in [-0.05, 0) is 36.8 Å². The molecule has 0 aromatic carbocycles. The Morgan fingerprint density at radius 2 is 2.00 bits per heavy atom. The topological polar surface area (TPSA) is 66.3 Å². The summed E-state index contributed by atoms with van der Waals surface area (Å²) in [5.74, 6) is -0.467. The van der Waals surface area contributed by atoms with Gasteiger partial charge in [0.15, 0.2) is 0 Å². The molecule has 0 aliphatic heterocycles. The molecular weight excluding hydrogens is 242 g/mol. The molecule has 2 heterocycles. The van der Waals surface area contributed by atoms with Crippen LogP contribution in [0.2, 0.25) is 0 Å². The zero-order valence-electron chi connectivity index (χ0n) is 10.7. The minimum atomic E-state index is -0.962. The highest BCUT2D eigenvalue weighted by atomic mass is 16.4. The van der Waals surface area contributed by atoms with Crippen LogP contribution in [0.5, 0.6) is 0 Å². The van der Waals surface area contributed by atoms with E-state index in [9.17, 15) is 9.90 Å². The number of carboxylic acids is 1. The van der Waals surface area contributed by atoms with Crippen LogP contribution >= 0.6 is 0 Å². The fourth-order valence-electron chi connectivity index (χ4n) is 1.86. The van der Waals surface area contributed by atoms with E-state index in [1.165, 1.54) is 0 Å². The number of hydrogen-bond donors (Lipinski definition) is 1. The average Bonchev–Trinajstić information content (AvgIpc) is 2.46. The van der Waals surface area contributed by atoms with Gasteiger partial charge in [0.1, 0.15) is 11.4 Å². The Kier molecular flexibility index (Phi) is 4.07. The molecule has 1 N–H and O–H groups in total. The predicted octanol–water partition coefficient (Wildman–Crippen LogP) is 2.20. The van der Waals surface area contributed by atoms with Crippen LogP contribution in [-0.4, -0.2) is 27.6 Å². The molecule has 0 saturated heterocycles. The average molecular weight is 257 g/mol. The summed E-state index contributed by atoms with van der Waals surface area (Å²) in [7, 11) is 0. The van der Waals surface area contributed by atoms with E-state index < -0.39 is 5.97 Å². The van der Waals surface area contributed by atoms with Crippen molar-refractivity contribution in [2.75, 3.05) is 11.4 Å². The van der Waals surface area contributed by atoms with Crippen molar-refractivity contribution in [2.24, 2.45) is 0 Å². The lowest BCUT2D eigenvalue weighted by Gasteiger charge is -2.23. The predicted molar refractivity (Wildman–Crippen MR) is 72.2 cm³/mol. The lowest BCUT2D eigenvalue weighted by Crippen LogP contribution is -2.25. The number of rotatable bonds is 5. The number of carbonyl (C=O) groups is 1. The smallest absolute Gasteiger partial charge is 0.339 e. The monoisotopic (exact) mass is 257 g/mol. The summed E-state index contributed by atoms with van der Waals surface area (Å²) in [5, 5.41) is 9.20. The fourth-order valence-corrected chi connectivity index (χ4v) is 1.86. The van der Waals surface area contributed by atoms with Gasteiger partial charge in [-0.2, -0.15) is 0 Å². The zero-order chi connectivity index (χ0) is 13.7. The molecule has 0 radical (unpaired) electrons. The summed E-state index contributed by atoms with van der Waals surface area (Å²) in [6, 6.07) is 7.02. The van der Waals surface area contributed by atoms with E-state index in [-0.39, 0.29) is 5.56 Å². The third kappa shape index (κ3) is 3.07. The van der Waals surface area contributed by atoms with Gasteiger partial charge < -0.3 is 10.0 Å². The molecule has 0 saturated carbocycles. The van der Waals surface area contributed by atoms with Crippen LogP contribution < -0.4 is 4.90 Å². The summed E-state index contributed by atoms with van der Waals surface area (Å²) < 4.78 is 0. The first kappa shape index (κ1) is 13.0. The summed E-state index contributed by atoms with van der Waals surface area (Å²) >= 11 is 0. The Balaban J connectivity index is 2.30. The second-order valence-electron chi connectivity index (χ2n) is 4.05. The van der Waals surface area contributed by atoms with Crippen molar-refractivity contribution in [3.05, 3.63) is 54.0 Å². The highest BCUT2D eigenvalue weighted by Crippen LogP contribution is 2.19. The molecule has 0 spiro atoms. The van der Waals surface area contributed by atoms with E-state index in [1.54, 1.807) is 30.7 Å². The molecule has 0 fully saturated rings. The first-order valence-electron chi connectivity index (χ1n) is 6.04. The summed E-state index contributed by atoms with van der Waals surface area (Å²) in [4.78, 5) is 21.3. The number of anilines is 1. The van der Waals surface area contributed by atoms with Crippen molar-refractivity contribution >= 4 is 11.8 Å². The molecule has 98 valence electrons. The van der Waals surface area contributed by atoms with E-state index in [4.69, 9.17) is 0 Å². The van der Waals surface area contributed by atoms with E-state index in [1.807, 2.05) is 24.0 Å². The normalized spacial score (nSPS) is 10.2. The van der Waals surface area contributed by atoms with Crippen LogP contribution in [0.1, 0.15) is 22.8 Å². The number of aromatic carboxylic acids is 1. The van der Waals surface area contributed by atoms with Gasteiger partial charge in [0.2, 0.25) is 0 Å². The Bertz CT molecular complexity index is 558. The largest absolute Gasteiger partial charge is 0.478 e. The van der Waals surface area contributed by atoms with E-state index in [0.29, 0.717) is 18.9 Å². The maximum Gasteiger partial charge on any atom is 0.339 e. The van der Waals surface area contributed by atoms with Gasteiger partial charge in [-0.15, -0.1) is 0 Å². The molecule has 2 aromatic heterocycles. The minimum absolute atomic E-state index is 0.221. The molecule has 0 atom stereocenters. The number of carboxylic acid groups (broad SMARTS) is 1. The number of hydrogen-bond acceptors (Lipinski definition) is 4. The molecule has 0 aliphatic carbocycles. The molecule has 0 unspecified atom stereocenters. The van der Waals surface area contributed by atoms with Crippen LogP contribution in [0.15, 0.2) is 42.9 Å². The second-order valence-corrected chi connectivity index (χ2v) is 4.05. The summed E-state index contributed by atoms with van der Waals surface area (Å²) in [6.45, 7) is 3.26. The minimum Gasteiger partial charge on any atom is -0.478 e. The molecule has 5 heteroatoms. The van der Waals surface area contributed by atoms with Crippen molar-refractivity contribution in [1.29, 1.82) is 0 Å². The van der Waals surface area contributed by atoms with E-state index in [0.717, 1.165) is 5.56 Å². The molecule has 0 amide bonds. The fraction of sp³-hybridized carbons (Fsp3) is 0.214. The van der Waals surface area contributed by atoms with Gasteiger partial charge in [0.25, 0.3) is 0 Å². The summed E-state index contributed by atoms with van der Waals surface area (Å²) in [5.41, 5.74) is 1.29. The van der Waals surface area contributed by atoms with Crippen LogP contribution in [0.4, 0.5) is 5.82 Å². The third-order valence-electron chi connectivity index (χ3n) is 2.82. The molecule has 19 heavy (non-hydrogen) atoms. The van der Waals surface area contributed by atoms with Crippen molar-refractivity contribution in [2.45, 2.75) is 13.5 Å². The Hall–Kier alpha value is -2.43. The van der Waals surface area contributed by atoms with Gasteiger partial charge >= 0.3 is 5.97 Å². The highest BCUT2D eigenvalue weighted by Gasteiger charge is 2.16. The Morgan fingerprint density at radius 1 is 1.26 bits per heavy atom. The maximum absolute atomic E-state index is 11.2. The Labute approximate surface area is 111 Å². The molecule has 2 aromatic rings. The van der Waals surface area contributed by atoms with Gasteiger partial charge in [0, 0.05) is 31.7 Å². The molecule has 5 nitrogen and oxygen atoms in total. The molecule has 0 bridgehead atoms.